The number of rotatable bonds is 8. The van der Waals surface area contributed by atoms with Gasteiger partial charge in [-0.15, -0.1) is 24.0 Å². The lowest BCUT2D eigenvalue weighted by Gasteiger charge is -2.26. The topological polar surface area (TPSA) is 66.0 Å². The van der Waals surface area contributed by atoms with E-state index in [1.165, 1.54) is 6.42 Å². The van der Waals surface area contributed by atoms with E-state index in [4.69, 9.17) is 4.74 Å². The molecule has 9 heteroatoms. The zero-order valence-electron chi connectivity index (χ0n) is 18.7. The summed E-state index contributed by atoms with van der Waals surface area (Å²) in [6, 6.07) is 7.23. The van der Waals surface area contributed by atoms with Crippen molar-refractivity contribution in [2.75, 3.05) is 26.2 Å². The summed E-state index contributed by atoms with van der Waals surface area (Å²) >= 11 is 0. The highest BCUT2D eigenvalue weighted by molar-refractivity contribution is 14.0. The van der Waals surface area contributed by atoms with Crippen molar-refractivity contribution in [2.45, 2.75) is 64.5 Å². The zero-order valence-corrected chi connectivity index (χ0v) is 21.0. The maximum Gasteiger partial charge on any atom is 0.272 e. The minimum absolute atomic E-state index is 0. The van der Waals surface area contributed by atoms with Gasteiger partial charge in [-0.25, -0.2) is 13.8 Å². The molecule has 1 unspecified atom stereocenters. The Hall–Kier alpha value is -1.65. The number of likely N-dealkylation sites (tertiary alicyclic amines) is 1. The van der Waals surface area contributed by atoms with Gasteiger partial charge in [0.1, 0.15) is 12.4 Å². The highest BCUT2D eigenvalue weighted by Gasteiger charge is 2.31. The van der Waals surface area contributed by atoms with Crippen molar-refractivity contribution in [3.05, 3.63) is 29.8 Å². The molecule has 1 aromatic carbocycles. The first-order valence-electron chi connectivity index (χ1n) is 11.4. The van der Waals surface area contributed by atoms with Crippen molar-refractivity contribution < 1.29 is 18.3 Å². The van der Waals surface area contributed by atoms with Crippen LogP contribution in [-0.4, -0.2) is 55.5 Å². The molecule has 0 bridgehead atoms. The molecule has 1 saturated heterocycles. The fourth-order valence-electron chi connectivity index (χ4n) is 4.26. The molecule has 6 nitrogen and oxygen atoms in total. The van der Waals surface area contributed by atoms with Gasteiger partial charge in [0, 0.05) is 31.6 Å². The van der Waals surface area contributed by atoms with Crippen molar-refractivity contribution in [2.24, 2.45) is 10.9 Å². The van der Waals surface area contributed by atoms with Crippen molar-refractivity contribution in [3.8, 4) is 5.75 Å². The summed E-state index contributed by atoms with van der Waals surface area (Å²) < 4.78 is 29.8. The van der Waals surface area contributed by atoms with Gasteiger partial charge in [0.05, 0.1) is 6.54 Å². The fourth-order valence-corrected chi connectivity index (χ4v) is 4.26. The van der Waals surface area contributed by atoms with Gasteiger partial charge < -0.3 is 20.3 Å². The summed E-state index contributed by atoms with van der Waals surface area (Å²) in [5, 5.41) is 6.69. The third-order valence-electron chi connectivity index (χ3n) is 5.83. The third kappa shape index (κ3) is 8.37. The Morgan fingerprint density at radius 3 is 2.75 bits per heavy atom. The Morgan fingerprint density at radius 2 is 2.03 bits per heavy atom. The van der Waals surface area contributed by atoms with Gasteiger partial charge in [-0.2, -0.15) is 0 Å². The largest absolute Gasteiger partial charge is 0.488 e. The second-order valence-electron chi connectivity index (χ2n) is 8.29. The smallest absolute Gasteiger partial charge is 0.272 e. The lowest BCUT2D eigenvalue weighted by atomic mass is 9.88. The van der Waals surface area contributed by atoms with Crippen molar-refractivity contribution >= 4 is 35.8 Å². The molecular weight excluding hydrogens is 529 g/mol. The van der Waals surface area contributed by atoms with Crippen LogP contribution < -0.4 is 15.4 Å². The molecule has 2 aliphatic rings. The quantitative estimate of drug-likeness (QED) is 0.283. The molecule has 1 aromatic rings. The van der Waals surface area contributed by atoms with Gasteiger partial charge in [0.2, 0.25) is 5.91 Å². The van der Waals surface area contributed by atoms with Crippen molar-refractivity contribution in [1.29, 1.82) is 0 Å². The average Bonchev–Trinajstić information content (AvgIpc) is 3.25. The highest BCUT2D eigenvalue weighted by Crippen LogP contribution is 2.26. The number of carbonyl (C=O) groups excluding carboxylic acids is 1. The molecule has 3 rings (SSSR count). The molecule has 1 aliphatic carbocycles. The molecule has 1 aliphatic heterocycles. The van der Waals surface area contributed by atoms with Crippen LogP contribution in [0.15, 0.2) is 29.3 Å². The number of guanidine groups is 1. The van der Waals surface area contributed by atoms with Crippen LogP contribution in [0.3, 0.4) is 0 Å². The van der Waals surface area contributed by atoms with Gasteiger partial charge in [0.25, 0.3) is 6.43 Å². The Labute approximate surface area is 206 Å². The summed E-state index contributed by atoms with van der Waals surface area (Å²) in [4.78, 5) is 19.4. The van der Waals surface area contributed by atoms with Gasteiger partial charge in [-0.3, -0.25) is 4.79 Å². The number of halogens is 3. The third-order valence-corrected chi connectivity index (χ3v) is 5.83. The monoisotopic (exact) mass is 564 g/mol. The van der Waals surface area contributed by atoms with Crippen molar-refractivity contribution in [3.63, 3.8) is 0 Å². The fraction of sp³-hybridized carbons (Fsp3) is 0.652. The van der Waals surface area contributed by atoms with E-state index in [9.17, 15) is 13.6 Å². The summed E-state index contributed by atoms with van der Waals surface area (Å²) in [5.41, 5.74) is 0.879. The van der Waals surface area contributed by atoms with E-state index in [1.807, 2.05) is 17.9 Å². The van der Waals surface area contributed by atoms with Crippen LogP contribution in [0.4, 0.5) is 8.78 Å². The number of carbonyl (C=O) groups is 1. The maximum absolute atomic E-state index is 12.8. The molecule has 0 radical (unpaired) electrons. The minimum Gasteiger partial charge on any atom is -0.488 e. The molecule has 2 fully saturated rings. The molecule has 1 atom stereocenters. The van der Waals surface area contributed by atoms with E-state index in [0.717, 1.165) is 50.8 Å². The van der Waals surface area contributed by atoms with Crippen LogP contribution in [0.25, 0.3) is 0 Å². The molecule has 32 heavy (non-hydrogen) atoms. The molecule has 0 aromatic heterocycles. The number of hydrogen-bond donors (Lipinski definition) is 2. The molecule has 1 saturated carbocycles. The van der Waals surface area contributed by atoms with E-state index < -0.39 is 13.0 Å². The standard InChI is InChI=1S/C23H34F2N4O2.HI/c1-2-26-23(27-14-17-7-6-10-20(13-17)31-16-21(24)25)28-19-11-12-29(15-19)22(30)18-8-4-3-5-9-18;/h6-7,10,13,18-19,21H,2-5,8-9,11-12,14-16H2,1H3,(H2,26,27,28);1H. The first-order chi connectivity index (χ1) is 15.0. The summed E-state index contributed by atoms with van der Waals surface area (Å²) in [5.74, 6) is 1.62. The first-order valence-corrected chi connectivity index (χ1v) is 11.4. The normalized spacial score (nSPS) is 19.6. The predicted octanol–water partition coefficient (Wildman–Crippen LogP) is 4.18. The van der Waals surface area contributed by atoms with Crippen LogP contribution in [0.5, 0.6) is 5.75 Å². The van der Waals surface area contributed by atoms with E-state index in [1.54, 1.807) is 18.2 Å². The number of benzene rings is 1. The van der Waals surface area contributed by atoms with Crippen LogP contribution in [0, 0.1) is 5.92 Å². The van der Waals surface area contributed by atoms with E-state index in [0.29, 0.717) is 30.7 Å². The molecule has 1 amide bonds. The molecular formula is C23H35F2IN4O2. The molecule has 180 valence electrons. The van der Waals surface area contributed by atoms with E-state index >= 15 is 0 Å². The number of ether oxygens (including phenoxy) is 1. The molecule has 1 heterocycles. The zero-order chi connectivity index (χ0) is 22.1. The SMILES string of the molecule is CCNC(=NCc1cccc(OCC(F)F)c1)NC1CCN(C(=O)C2CCCCC2)C1.I. The second-order valence-corrected chi connectivity index (χ2v) is 8.29. The van der Waals surface area contributed by atoms with Gasteiger partial charge >= 0.3 is 0 Å². The number of hydrogen-bond acceptors (Lipinski definition) is 3. The number of nitrogens with zero attached hydrogens (tertiary/aromatic N) is 2. The van der Waals surface area contributed by atoms with E-state index in [2.05, 4.69) is 15.6 Å². The summed E-state index contributed by atoms with van der Waals surface area (Å²) in [7, 11) is 0. The summed E-state index contributed by atoms with van der Waals surface area (Å²) in [6.45, 7) is 4.00. The van der Waals surface area contributed by atoms with Gasteiger partial charge in [0.15, 0.2) is 5.96 Å². The van der Waals surface area contributed by atoms with E-state index in [-0.39, 0.29) is 35.9 Å². The number of aliphatic imine (C=N–C) groups is 1. The number of alkyl halides is 2. The number of nitrogens with one attached hydrogen (secondary N) is 2. The Bertz CT molecular complexity index is 744. The van der Waals surface area contributed by atoms with Gasteiger partial charge in [-0.05, 0) is 43.9 Å². The van der Waals surface area contributed by atoms with Crippen LogP contribution in [0.2, 0.25) is 0 Å². The summed E-state index contributed by atoms with van der Waals surface area (Å²) in [6.07, 6.45) is 4.03. The first kappa shape index (κ1) is 26.6. The van der Waals surface area contributed by atoms with Crippen LogP contribution in [0.1, 0.15) is 51.0 Å². The Morgan fingerprint density at radius 1 is 1.25 bits per heavy atom. The predicted molar refractivity (Wildman–Crippen MR) is 133 cm³/mol. The lowest BCUT2D eigenvalue weighted by molar-refractivity contribution is -0.135. The lowest BCUT2D eigenvalue weighted by Crippen LogP contribution is -2.45. The Balaban J connectivity index is 0.00000363. The highest BCUT2D eigenvalue weighted by atomic mass is 127. The minimum atomic E-state index is -2.50. The van der Waals surface area contributed by atoms with Crippen LogP contribution >= 0.6 is 24.0 Å². The average molecular weight is 564 g/mol. The molecule has 0 spiro atoms. The Kier molecular flexibility index (Phi) is 11.5. The molecule has 2 N–H and O–H groups in total. The van der Waals surface area contributed by atoms with Crippen molar-refractivity contribution in [1.82, 2.24) is 15.5 Å². The van der Waals surface area contributed by atoms with Crippen LogP contribution in [-0.2, 0) is 11.3 Å². The van der Waals surface area contributed by atoms with Gasteiger partial charge in [-0.1, -0.05) is 31.4 Å². The second kappa shape index (κ2) is 13.8. The number of amides is 1. The maximum atomic E-state index is 12.8.